The molecule has 94 valence electrons. The lowest BCUT2D eigenvalue weighted by molar-refractivity contribution is -0.0321. The van der Waals surface area contributed by atoms with Crippen molar-refractivity contribution in [3.8, 4) is 0 Å². The molecule has 2 aliphatic rings. The molecule has 3 atom stereocenters. The number of rotatable bonds is 2. The highest BCUT2D eigenvalue weighted by atomic mass is 16.3. The largest absolute Gasteiger partial charge is 0.392 e. The molecule has 0 amide bonds. The van der Waals surface area contributed by atoms with Crippen LogP contribution >= 0.6 is 0 Å². The average Bonchev–Trinajstić information content (AvgIpc) is 2.64. The van der Waals surface area contributed by atoms with Crippen molar-refractivity contribution in [3.63, 3.8) is 0 Å². The van der Waals surface area contributed by atoms with Gasteiger partial charge in [-0.2, -0.15) is 0 Å². The molecule has 1 N–H and O–H groups in total. The SMILES string of the molecule is CC1CC(C)CC(C(O)C2(C)CCCC2)C1. The van der Waals surface area contributed by atoms with Crippen molar-refractivity contribution in [2.75, 3.05) is 0 Å². The summed E-state index contributed by atoms with van der Waals surface area (Å²) in [4.78, 5) is 0. The van der Waals surface area contributed by atoms with Crippen LogP contribution in [0.1, 0.15) is 65.7 Å². The molecule has 0 aromatic heterocycles. The Morgan fingerprint density at radius 3 is 2.00 bits per heavy atom. The van der Waals surface area contributed by atoms with Crippen molar-refractivity contribution in [1.82, 2.24) is 0 Å². The molecule has 0 saturated heterocycles. The first-order valence-electron chi connectivity index (χ1n) is 7.19. The van der Waals surface area contributed by atoms with Gasteiger partial charge in [-0.25, -0.2) is 0 Å². The number of hydrogen-bond donors (Lipinski definition) is 1. The van der Waals surface area contributed by atoms with Gasteiger partial charge in [0.1, 0.15) is 0 Å². The van der Waals surface area contributed by atoms with Crippen LogP contribution in [0.3, 0.4) is 0 Å². The smallest absolute Gasteiger partial charge is 0.0622 e. The van der Waals surface area contributed by atoms with E-state index in [2.05, 4.69) is 20.8 Å². The van der Waals surface area contributed by atoms with Crippen LogP contribution < -0.4 is 0 Å². The molecule has 2 saturated carbocycles. The van der Waals surface area contributed by atoms with E-state index in [-0.39, 0.29) is 11.5 Å². The summed E-state index contributed by atoms with van der Waals surface area (Å²) in [6.07, 6.45) is 8.96. The summed E-state index contributed by atoms with van der Waals surface area (Å²) >= 11 is 0. The van der Waals surface area contributed by atoms with Gasteiger partial charge in [-0.3, -0.25) is 0 Å². The molecular weight excluding hydrogens is 196 g/mol. The molecule has 1 heteroatoms. The first kappa shape index (κ1) is 12.4. The quantitative estimate of drug-likeness (QED) is 0.751. The monoisotopic (exact) mass is 224 g/mol. The molecule has 0 heterocycles. The Morgan fingerprint density at radius 2 is 1.50 bits per heavy atom. The van der Waals surface area contributed by atoms with Crippen LogP contribution in [0.5, 0.6) is 0 Å². The zero-order valence-corrected chi connectivity index (χ0v) is 11.2. The first-order valence-corrected chi connectivity index (χ1v) is 7.19. The van der Waals surface area contributed by atoms with Crippen LogP contribution in [0, 0.1) is 23.2 Å². The fourth-order valence-corrected chi connectivity index (χ4v) is 4.31. The van der Waals surface area contributed by atoms with Gasteiger partial charge in [-0.1, -0.05) is 33.6 Å². The second kappa shape index (κ2) is 4.68. The van der Waals surface area contributed by atoms with Crippen LogP contribution in [-0.4, -0.2) is 11.2 Å². The lowest BCUT2D eigenvalue weighted by Gasteiger charge is -2.41. The van der Waals surface area contributed by atoms with Gasteiger partial charge in [-0.15, -0.1) is 0 Å². The summed E-state index contributed by atoms with van der Waals surface area (Å²) in [7, 11) is 0. The van der Waals surface area contributed by atoms with E-state index in [0.29, 0.717) is 5.92 Å². The summed E-state index contributed by atoms with van der Waals surface area (Å²) < 4.78 is 0. The molecular formula is C15H28O. The molecule has 2 rings (SSSR count). The van der Waals surface area contributed by atoms with Crippen LogP contribution in [0.25, 0.3) is 0 Å². The minimum absolute atomic E-state index is 0.0415. The zero-order valence-electron chi connectivity index (χ0n) is 11.2. The third-order valence-electron chi connectivity index (χ3n) is 5.12. The van der Waals surface area contributed by atoms with Crippen molar-refractivity contribution in [1.29, 1.82) is 0 Å². The maximum Gasteiger partial charge on any atom is 0.0622 e. The standard InChI is InChI=1S/C15H28O/c1-11-8-12(2)10-13(9-11)14(16)15(3)6-4-5-7-15/h11-14,16H,4-10H2,1-3H3. The van der Waals surface area contributed by atoms with Gasteiger partial charge >= 0.3 is 0 Å². The van der Waals surface area contributed by atoms with Crippen molar-refractivity contribution < 1.29 is 5.11 Å². The van der Waals surface area contributed by atoms with E-state index in [0.717, 1.165) is 11.8 Å². The normalized spacial score (nSPS) is 40.9. The van der Waals surface area contributed by atoms with Gasteiger partial charge < -0.3 is 5.11 Å². The lowest BCUT2D eigenvalue weighted by atomic mass is 9.67. The summed E-state index contributed by atoms with van der Waals surface area (Å²) in [5.41, 5.74) is 0.238. The molecule has 0 bridgehead atoms. The fraction of sp³-hybridized carbons (Fsp3) is 1.00. The second-order valence-electron chi connectivity index (χ2n) is 6.98. The maximum atomic E-state index is 10.7. The predicted octanol–water partition coefficient (Wildman–Crippen LogP) is 4.00. The summed E-state index contributed by atoms with van der Waals surface area (Å²) in [6, 6.07) is 0. The highest BCUT2D eigenvalue weighted by Gasteiger charge is 2.41. The Kier molecular flexibility index (Phi) is 3.63. The van der Waals surface area contributed by atoms with Crippen molar-refractivity contribution in [2.45, 2.75) is 71.8 Å². The maximum absolute atomic E-state index is 10.7. The van der Waals surface area contributed by atoms with Crippen molar-refractivity contribution in [2.24, 2.45) is 23.2 Å². The fourth-order valence-electron chi connectivity index (χ4n) is 4.31. The van der Waals surface area contributed by atoms with Gasteiger partial charge in [0, 0.05) is 0 Å². The van der Waals surface area contributed by atoms with Gasteiger partial charge in [0.05, 0.1) is 6.10 Å². The van der Waals surface area contributed by atoms with E-state index in [4.69, 9.17) is 0 Å². The van der Waals surface area contributed by atoms with Crippen LogP contribution in [-0.2, 0) is 0 Å². The van der Waals surface area contributed by atoms with Gasteiger partial charge in [-0.05, 0) is 55.3 Å². The van der Waals surface area contributed by atoms with Crippen LogP contribution in [0.15, 0.2) is 0 Å². The van der Waals surface area contributed by atoms with E-state index in [1.807, 2.05) is 0 Å². The van der Waals surface area contributed by atoms with E-state index in [9.17, 15) is 5.11 Å². The molecule has 2 fully saturated rings. The molecule has 0 aliphatic heterocycles. The summed E-state index contributed by atoms with van der Waals surface area (Å²) in [5.74, 6) is 2.20. The third kappa shape index (κ3) is 2.45. The molecule has 2 aliphatic carbocycles. The Balaban J connectivity index is 2.00. The molecule has 3 unspecified atom stereocenters. The van der Waals surface area contributed by atoms with E-state index >= 15 is 0 Å². The minimum atomic E-state index is -0.0415. The lowest BCUT2D eigenvalue weighted by Crippen LogP contribution is -2.39. The van der Waals surface area contributed by atoms with E-state index in [1.165, 1.54) is 44.9 Å². The van der Waals surface area contributed by atoms with Crippen LogP contribution in [0.2, 0.25) is 0 Å². The summed E-state index contributed by atoms with van der Waals surface area (Å²) in [6.45, 7) is 7.02. The topological polar surface area (TPSA) is 20.2 Å². The minimum Gasteiger partial charge on any atom is -0.392 e. The van der Waals surface area contributed by atoms with Gasteiger partial charge in [0.25, 0.3) is 0 Å². The van der Waals surface area contributed by atoms with E-state index in [1.54, 1.807) is 0 Å². The van der Waals surface area contributed by atoms with Crippen LogP contribution in [0.4, 0.5) is 0 Å². The molecule has 16 heavy (non-hydrogen) atoms. The number of aliphatic hydroxyl groups excluding tert-OH is 1. The average molecular weight is 224 g/mol. The Labute approximate surface area is 101 Å². The number of hydrogen-bond acceptors (Lipinski definition) is 1. The Bertz CT molecular complexity index is 220. The van der Waals surface area contributed by atoms with E-state index < -0.39 is 0 Å². The Morgan fingerprint density at radius 1 is 1.00 bits per heavy atom. The third-order valence-corrected chi connectivity index (χ3v) is 5.12. The molecule has 0 aromatic rings. The molecule has 0 radical (unpaired) electrons. The van der Waals surface area contributed by atoms with Crippen molar-refractivity contribution >= 4 is 0 Å². The predicted molar refractivity (Wildman–Crippen MR) is 68.3 cm³/mol. The number of aliphatic hydroxyl groups is 1. The molecule has 0 spiro atoms. The van der Waals surface area contributed by atoms with Gasteiger partial charge in [0.2, 0.25) is 0 Å². The Hall–Kier alpha value is -0.0400. The first-order chi connectivity index (χ1) is 7.51. The molecule has 0 aromatic carbocycles. The zero-order chi connectivity index (χ0) is 11.8. The molecule has 1 nitrogen and oxygen atoms in total. The highest BCUT2D eigenvalue weighted by Crippen LogP contribution is 2.47. The second-order valence-corrected chi connectivity index (χ2v) is 6.98. The van der Waals surface area contributed by atoms with Crippen molar-refractivity contribution in [3.05, 3.63) is 0 Å². The highest BCUT2D eigenvalue weighted by molar-refractivity contribution is 4.92. The van der Waals surface area contributed by atoms with Gasteiger partial charge in [0.15, 0.2) is 0 Å². The summed E-state index contributed by atoms with van der Waals surface area (Å²) in [5, 5.41) is 10.7.